The molecule has 0 unspecified atom stereocenters. The first kappa shape index (κ1) is 20.0. The van der Waals surface area contributed by atoms with Crippen LogP contribution in [0.3, 0.4) is 0 Å². The number of nitrogens with one attached hydrogen (secondary N) is 2. The van der Waals surface area contributed by atoms with Crippen molar-refractivity contribution in [1.82, 2.24) is 20.5 Å². The van der Waals surface area contributed by atoms with E-state index in [0.29, 0.717) is 29.3 Å². The lowest BCUT2D eigenvalue weighted by molar-refractivity contribution is 0.0950. The Kier molecular flexibility index (Phi) is 6.99. The van der Waals surface area contributed by atoms with Gasteiger partial charge in [0.2, 0.25) is 0 Å². The monoisotopic (exact) mass is 372 g/mol. The predicted octanol–water partition coefficient (Wildman–Crippen LogP) is 1.80. The van der Waals surface area contributed by atoms with Gasteiger partial charge in [0, 0.05) is 32.4 Å². The number of benzene rings is 1. The van der Waals surface area contributed by atoms with Crippen LogP contribution in [0, 0.1) is 0 Å². The molecule has 0 radical (unpaired) electrons. The van der Waals surface area contributed by atoms with Gasteiger partial charge in [-0.25, -0.2) is 4.79 Å². The second-order valence-electron chi connectivity index (χ2n) is 5.96. The number of carbonyl (C=O) groups excluding carboxylic acids is 2. The first-order chi connectivity index (χ1) is 12.9. The molecule has 8 nitrogen and oxygen atoms in total. The van der Waals surface area contributed by atoms with E-state index >= 15 is 0 Å². The molecule has 2 aromatic rings. The van der Waals surface area contributed by atoms with Gasteiger partial charge in [-0.2, -0.15) is 0 Å². The third-order valence-electron chi connectivity index (χ3n) is 3.81. The summed E-state index contributed by atoms with van der Waals surface area (Å²) in [4.78, 5) is 29.6. The molecule has 27 heavy (non-hydrogen) atoms. The van der Waals surface area contributed by atoms with Crippen LogP contribution in [0.15, 0.2) is 36.5 Å². The highest BCUT2D eigenvalue weighted by molar-refractivity contribution is 5.94. The smallest absolute Gasteiger partial charge is 0.317 e. The summed E-state index contributed by atoms with van der Waals surface area (Å²) in [6.07, 6.45) is 1.54. The molecule has 0 fully saturated rings. The molecular weight excluding hydrogens is 348 g/mol. The van der Waals surface area contributed by atoms with Crippen LogP contribution in [0.4, 0.5) is 4.79 Å². The highest BCUT2D eigenvalue weighted by Gasteiger charge is 2.10. The minimum absolute atomic E-state index is 0.222. The number of amides is 3. The lowest BCUT2D eigenvalue weighted by Gasteiger charge is -2.12. The summed E-state index contributed by atoms with van der Waals surface area (Å²) in [5, 5.41) is 5.57. The summed E-state index contributed by atoms with van der Waals surface area (Å²) in [6.45, 7) is 0.585. The van der Waals surface area contributed by atoms with Crippen LogP contribution in [-0.4, -0.2) is 50.1 Å². The van der Waals surface area contributed by atoms with E-state index < -0.39 is 0 Å². The maximum Gasteiger partial charge on any atom is 0.317 e. The second-order valence-corrected chi connectivity index (χ2v) is 5.96. The fourth-order valence-electron chi connectivity index (χ4n) is 2.32. The van der Waals surface area contributed by atoms with Crippen molar-refractivity contribution in [3.8, 4) is 11.5 Å². The Morgan fingerprint density at radius 1 is 1.00 bits per heavy atom. The SMILES string of the molecule is COc1ccc(CNC(=O)c2ccnc(CNC(=O)N(C)C)c2)cc1OC. The zero-order valence-corrected chi connectivity index (χ0v) is 15.9. The Morgan fingerprint density at radius 3 is 2.41 bits per heavy atom. The van der Waals surface area contributed by atoms with Gasteiger partial charge in [-0.15, -0.1) is 0 Å². The van der Waals surface area contributed by atoms with E-state index in [9.17, 15) is 9.59 Å². The topological polar surface area (TPSA) is 92.8 Å². The Balaban J connectivity index is 1.98. The summed E-state index contributed by atoms with van der Waals surface area (Å²) in [5.41, 5.74) is 1.96. The molecule has 0 aliphatic heterocycles. The van der Waals surface area contributed by atoms with E-state index in [1.165, 1.54) is 4.90 Å². The minimum atomic E-state index is -0.229. The van der Waals surface area contributed by atoms with Gasteiger partial charge in [0.25, 0.3) is 5.91 Å². The highest BCUT2D eigenvalue weighted by Crippen LogP contribution is 2.27. The number of hydrogen-bond donors (Lipinski definition) is 2. The van der Waals surface area contributed by atoms with Crippen molar-refractivity contribution in [3.63, 3.8) is 0 Å². The first-order valence-electron chi connectivity index (χ1n) is 8.33. The maximum absolute atomic E-state index is 12.4. The van der Waals surface area contributed by atoms with Crippen LogP contribution in [-0.2, 0) is 13.1 Å². The molecule has 3 amide bonds. The second kappa shape index (κ2) is 9.42. The van der Waals surface area contributed by atoms with Gasteiger partial charge in [0.15, 0.2) is 11.5 Å². The van der Waals surface area contributed by atoms with E-state index in [1.54, 1.807) is 52.7 Å². The van der Waals surface area contributed by atoms with E-state index in [2.05, 4.69) is 15.6 Å². The van der Waals surface area contributed by atoms with Gasteiger partial charge < -0.3 is 25.0 Å². The largest absolute Gasteiger partial charge is 0.493 e. The van der Waals surface area contributed by atoms with Crippen molar-refractivity contribution >= 4 is 11.9 Å². The molecule has 0 bridgehead atoms. The van der Waals surface area contributed by atoms with Crippen molar-refractivity contribution in [1.29, 1.82) is 0 Å². The molecule has 0 saturated heterocycles. The molecule has 1 aromatic carbocycles. The normalized spacial score (nSPS) is 10.1. The van der Waals surface area contributed by atoms with Crippen LogP contribution >= 0.6 is 0 Å². The molecule has 1 heterocycles. The van der Waals surface area contributed by atoms with Gasteiger partial charge >= 0.3 is 6.03 Å². The molecule has 0 aliphatic carbocycles. The van der Waals surface area contributed by atoms with Crippen molar-refractivity contribution in [2.75, 3.05) is 28.3 Å². The van der Waals surface area contributed by atoms with Gasteiger partial charge in [0.1, 0.15) is 0 Å². The third kappa shape index (κ3) is 5.60. The van der Waals surface area contributed by atoms with Crippen LogP contribution in [0.2, 0.25) is 0 Å². The minimum Gasteiger partial charge on any atom is -0.493 e. The van der Waals surface area contributed by atoms with Crippen molar-refractivity contribution in [2.45, 2.75) is 13.1 Å². The Labute approximate surface area is 158 Å². The van der Waals surface area contributed by atoms with Crippen molar-refractivity contribution < 1.29 is 19.1 Å². The number of nitrogens with zero attached hydrogens (tertiary/aromatic N) is 2. The zero-order chi connectivity index (χ0) is 19.8. The number of rotatable bonds is 7. The highest BCUT2D eigenvalue weighted by atomic mass is 16.5. The van der Waals surface area contributed by atoms with Gasteiger partial charge in [0.05, 0.1) is 26.5 Å². The molecule has 0 saturated carbocycles. The van der Waals surface area contributed by atoms with Gasteiger partial charge in [-0.05, 0) is 29.8 Å². The Hall–Kier alpha value is -3.29. The number of pyridine rings is 1. The van der Waals surface area contributed by atoms with Gasteiger partial charge in [-0.1, -0.05) is 6.07 Å². The molecular formula is C19H24N4O4. The summed E-state index contributed by atoms with van der Waals surface area (Å²) in [7, 11) is 6.44. The van der Waals surface area contributed by atoms with E-state index in [0.717, 1.165) is 5.56 Å². The average Bonchev–Trinajstić information content (AvgIpc) is 2.69. The molecule has 1 aromatic heterocycles. The molecule has 144 valence electrons. The number of carbonyl (C=O) groups is 2. The van der Waals surface area contributed by atoms with Crippen molar-refractivity contribution in [2.24, 2.45) is 0 Å². The summed E-state index contributed by atoms with van der Waals surface area (Å²) < 4.78 is 10.5. The summed E-state index contributed by atoms with van der Waals surface area (Å²) in [5.74, 6) is 1.01. The molecule has 2 N–H and O–H groups in total. The maximum atomic E-state index is 12.4. The Bertz CT molecular complexity index is 808. The fraction of sp³-hybridized carbons (Fsp3) is 0.316. The van der Waals surface area contributed by atoms with Crippen LogP contribution < -0.4 is 20.1 Å². The number of hydrogen-bond acceptors (Lipinski definition) is 5. The molecule has 8 heteroatoms. The third-order valence-corrected chi connectivity index (χ3v) is 3.81. The van der Waals surface area contributed by atoms with Crippen molar-refractivity contribution in [3.05, 3.63) is 53.3 Å². The molecule has 0 spiro atoms. The van der Waals surface area contributed by atoms with E-state index in [4.69, 9.17) is 9.47 Å². The number of ether oxygens (including phenoxy) is 2. The summed E-state index contributed by atoms with van der Waals surface area (Å²) >= 11 is 0. The Morgan fingerprint density at radius 2 is 1.74 bits per heavy atom. The predicted molar refractivity (Wildman–Crippen MR) is 101 cm³/mol. The molecule has 2 rings (SSSR count). The first-order valence-corrected chi connectivity index (χ1v) is 8.33. The fourth-order valence-corrected chi connectivity index (χ4v) is 2.32. The lowest BCUT2D eigenvalue weighted by Crippen LogP contribution is -2.34. The average molecular weight is 372 g/mol. The molecule has 0 atom stereocenters. The van der Waals surface area contributed by atoms with Crippen LogP contribution in [0.5, 0.6) is 11.5 Å². The number of urea groups is 1. The molecule has 0 aliphatic rings. The quantitative estimate of drug-likeness (QED) is 0.773. The van der Waals surface area contributed by atoms with Gasteiger partial charge in [-0.3, -0.25) is 9.78 Å². The zero-order valence-electron chi connectivity index (χ0n) is 15.9. The van der Waals surface area contributed by atoms with Crippen LogP contribution in [0.1, 0.15) is 21.6 Å². The van der Waals surface area contributed by atoms with Crippen LogP contribution in [0.25, 0.3) is 0 Å². The summed E-state index contributed by atoms with van der Waals surface area (Å²) in [6, 6.07) is 8.52. The lowest BCUT2D eigenvalue weighted by atomic mass is 10.1. The number of methoxy groups -OCH3 is 2. The number of aromatic nitrogens is 1. The van der Waals surface area contributed by atoms with E-state index in [-0.39, 0.29) is 18.5 Å². The van der Waals surface area contributed by atoms with E-state index in [1.807, 2.05) is 12.1 Å². The standard InChI is InChI=1S/C19H24N4O4/c1-23(2)19(25)22-12-15-10-14(7-8-20-15)18(24)21-11-13-5-6-16(26-3)17(9-13)27-4/h5-10H,11-12H2,1-4H3,(H,21,24)(H,22,25).